The van der Waals surface area contributed by atoms with Gasteiger partial charge in [-0.2, -0.15) is 0 Å². The first-order valence-corrected chi connectivity index (χ1v) is 5.31. The number of nitrogens with one attached hydrogen (secondary N) is 1. The maximum absolute atomic E-state index is 10.8. The summed E-state index contributed by atoms with van der Waals surface area (Å²) in [7, 11) is 0. The second kappa shape index (κ2) is 4.45. The maximum Gasteiger partial charge on any atom is 0.335 e. The molecule has 1 aromatic carbocycles. The number of piperidine rings is 1. The Balaban J connectivity index is 2.19. The summed E-state index contributed by atoms with van der Waals surface area (Å²) in [4.78, 5) is 10.8. The highest BCUT2D eigenvalue weighted by Crippen LogP contribution is 2.23. The zero-order valence-electron chi connectivity index (χ0n) is 8.57. The molecule has 1 heterocycles. The Labute approximate surface area is 89.1 Å². The molecule has 0 bridgehead atoms. The van der Waals surface area contributed by atoms with Crippen LogP contribution in [0.1, 0.15) is 34.7 Å². The van der Waals surface area contributed by atoms with Gasteiger partial charge >= 0.3 is 5.97 Å². The molecule has 0 aliphatic carbocycles. The number of hydrogen-bond donors (Lipinski definition) is 2. The van der Waals surface area contributed by atoms with Crippen molar-refractivity contribution in [3.8, 4) is 0 Å². The number of rotatable bonds is 2. The van der Waals surface area contributed by atoms with Crippen LogP contribution in [-0.4, -0.2) is 24.2 Å². The molecule has 1 aliphatic rings. The third kappa shape index (κ3) is 2.36. The molecule has 0 amide bonds. The molecule has 1 aliphatic heterocycles. The van der Waals surface area contributed by atoms with Gasteiger partial charge in [0, 0.05) is 6.54 Å². The van der Waals surface area contributed by atoms with Crippen LogP contribution in [0, 0.1) is 0 Å². The molecular weight excluding hydrogens is 190 g/mol. The smallest absolute Gasteiger partial charge is 0.335 e. The van der Waals surface area contributed by atoms with Gasteiger partial charge in [0.2, 0.25) is 0 Å². The minimum Gasteiger partial charge on any atom is -0.478 e. The van der Waals surface area contributed by atoms with E-state index in [2.05, 4.69) is 5.32 Å². The van der Waals surface area contributed by atoms with Crippen molar-refractivity contribution >= 4 is 5.97 Å². The first-order valence-electron chi connectivity index (χ1n) is 5.31. The number of aromatic carboxylic acids is 1. The number of carbonyl (C=O) groups is 1. The molecule has 1 atom stereocenters. The van der Waals surface area contributed by atoms with Crippen molar-refractivity contribution in [1.82, 2.24) is 5.32 Å². The lowest BCUT2D eigenvalue weighted by Gasteiger charge is -2.23. The molecule has 0 saturated carbocycles. The second-order valence-corrected chi connectivity index (χ2v) is 3.97. The number of carboxylic acid groups (broad SMARTS) is 1. The second-order valence-electron chi connectivity index (χ2n) is 3.97. The molecule has 80 valence electrons. The molecular formula is C12H15NO2. The van der Waals surface area contributed by atoms with Crippen molar-refractivity contribution in [2.24, 2.45) is 0 Å². The lowest BCUT2D eigenvalue weighted by atomic mass is 9.91. The van der Waals surface area contributed by atoms with Gasteiger partial charge in [-0.15, -0.1) is 0 Å². The summed E-state index contributed by atoms with van der Waals surface area (Å²) < 4.78 is 0. The highest BCUT2D eigenvalue weighted by atomic mass is 16.4. The van der Waals surface area contributed by atoms with Crippen LogP contribution in [0.5, 0.6) is 0 Å². The van der Waals surface area contributed by atoms with Crippen LogP contribution < -0.4 is 5.32 Å². The monoisotopic (exact) mass is 205 g/mol. The van der Waals surface area contributed by atoms with Crippen molar-refractivity contribution in [3.63, 3.8) is 0 Å². The quantitative estimate of drug-likeness (QED) is 0.774. The first-order chi connectivity index (χ1) is 7.27. The Bertz CT molecular complexity index is 356. The number of carboxylic acids is 1. The van der Waals surface area contributed by atoms with Crippen molar-refractivity contribution < 1.29 is 9.90 Å². The van der Waals surface area contributed by atoms with E-state index in [1.807, 2.05) is 12.1 Å². The van der Waals surface area contributed by atoms with Gasteiger partial charge in [0.1, 0.15) is 0 Å². The van der Waals surface area contributed by atoms with Crippen molar-refractivity contribution in [2.75, 3.05) is 13.1 Å². The molecule has 15 heavy (non-hydrogen) atoms. The molecule has 0 spiro atoms. The fraction of sp³-hybridized carbons (Fsp3) is 0.417. The zero-order chi connectivity index (χ0) is 10.7. The Hall–Kier alpha value is -1.35. The van der Waals surface area contributed by atoms with Gasteiger partial charge in [0.25, 0.3) is 0 Å². The Morgan fingerprint density at radius 2 is 2.33 bits per heavy atom. The van der Waals surface area contributed by atoms with Crippen LogP contribution in [0.25, 0.3) is 0 Å². The minimum absolute atomic E-state index is 0.387. The van der Waals surface area contributed by atoms with Crippen molar-refractivity contribution in [1.29, 1.82) is 0 Å². The average molecular weight is 205 g/mol. The average Bonchev–Trinajstić information content (AvgIpc) is 2.30. The van der Waals surface area contributed by atoms with Gasteiger partial charge in [0.15, 0.2) is 0 Å². The largest absolute Gasteiger partial charge is 0.478 e. The molecule has 3 heteroatoms. The zero-order valence-corrected chi connectivity index (χ0v) is 8.57. The van der Waals surface area contributed by atoms with Gasteiger partial charge in [0.05, 0.1) is 5.56 Å². The van der Waals surface area contributed by atoms with Crippen LogP contribution in [0.2, 0.25) is 0 Å². The fourth-order valence-corrected chi connectivity index (χ4v) is 2.06. The van der Waals surface area contributed by atoms with Crippen LogP contribution in [0.15, 0.2) is 24.3 Å². The molecule has 3 nitrogen and oxygen atoms in total. The van der Waals surface area contributed by atoms with E-state index in [9.17, 15) is 4.79 Å². The van der Waals surface area contributed by atoms with Gasteiger partial charge in [-0.3, -0.25) is 0 Å². The minimum atomic E-state index is -0.847. The SMILES string of the molecule is O=C(O)c1cccc([C@@H]2CCCNC2)c1. The Morgan fingerprint density at radius 3 is 3.00 bits per heavy atom. The third-order valence-electron chi connectivity index (χ3n) is 2.90. The topological polar surface area (TPSA) is 49.3 Å². The van der Waals surface area contributed by atoms with E-state index in [4.69, 9.17) is 5.11 Å². The standard InChI is InChI=1S/C12H15NO2/c14-12(15)10-4-1-3-9(7-10)11-5-2-6-13-8-11/h1,3-4,7,11,13H,2,5-6,8H2,(H,14,15)/t11-/m1/s1. The molecule has 1 aromatic rings. The Morgan fingerprint density at radius 1 is 1.47 bits per heavy atom. The molecule has 0 unspecified atom stereocenters. The molecule has 2 rings (SSSR count). The summed E-state index contributed by atoms with van der Waals surface area (Å²) in [5.74, 6) is -0.376. The summed E-state index contributed by atoms with van der Waals surface area (Å²) >= 11 is 0. The van der Waals surface area contributed by atoms with Crippen LogP contribution in [-0.2, 0) is 0 Å². The van der Waals surface area contributed by atoms with Gasteiger partial charge in [-0.05, 0) is 43.0 Å². The summed E-state index contributed by atoms with van der Waals surface area (Å²) in [5.41, 5.74) is 1.53. The van der Waals surface area contributed by atoms with Gasteiger partial charge in [-0.1, -0.05) is 12.1 Å². The van der Waals surface area contributed by atoms with Crippen LogP contribution >= 0.6 is 0 Å². The predicted octanol–water partition coefficient (Wildman–Crippen LogP) is 1.85. The highest BCUT2D eigenvalue weighted by molar-refractivity contribution is 5.87. The molecule has 0 aromatic heterocycles. The van der Waals surface area contributed by atoms with E-state index in [1.165, 1.54) is 6.42 Å². The Kier molecular flexibility index (Phi) is 3.02. The van der Waals surface area contributed by atoms with E-state index in [0.29, 0.717) is 11.5 Å². The first kappa shape index (κ1) is 10.2. The van der Waals surface area contributed by atoms with E-state index in [-0.39, 0.29) is 0 Å². The van der Waals surface area contributed by atoms with E-state index >= 15 is 0 Å². The lowest BCUT2D eigenvalue weighted by Crippen LogP contribution is -2.28. The molecule has 2 N–H and O–H groups in total. The molecule has 0 radical (unpaired) electrons. The number of hydrogen-bond acceptors (Lipinski definition) is 2. The summed E-state index contributed by atoms with van der Waals surface area (Å²) in [5, 5.41) is 12.2. The van der Waals surface area contributed by atoms with Gasteiger partial charge in [-0.25, -0.2) is 4.79 Å². The van der Waals surface area contributed by atoms with Crippen molar-refractivity contribution in [3.05, 3.63) is 35.4 Å². The van der Waals surface area contributed by atoms with Crippen molar-refractivity contribution in [2.45, 2.75) is 18.8 Å². The maximum atomic E-state index is 10.8. The predicted molar refractivity (Wildman–Crippen MR) is 58.2 cm³/mol. The van der Waals surface area contributed by atoms with E-state index in [1.54, 1.807) is 12.1 Å². The van der Waals surface area contributed by atoms with Gasteiger partial charge < -0.3 is 10.4 Å². The fourth-order valence-electron chi connectivity index (χ4n) is 2.06. The normalized spacial score (nSPS) is 21.2. The molecule has 1 fully saturated rings. The molecule has 1 saturated heterocycles. The van der Waals surface area contributed by atoms with Crippen LogP contribution in [0.4, 0.5) is 0 Å². The third-order valence-corrected chi connectivity index (χ3v) is 2.90. The highest BCUT2D eigenvalue weighted by Gasteiger charge is 2.15. The van der Waals surface area contributed by atoms with E-state index < -0.39 is 5.97 Å². The van der Waals surface area contributed by atoms with Crippen LogP contribution in [0.3, 0.4) is 0 Å². The lowest BCUT2D eigenvalue weighted by molar-refractivity contribution is 0.0696. The number of benzene rings is 1. The van der Waals surface area contributed by atoms with E-state index in [0.717, 1.165) is 25.1 Å². The summed E-state index contributed by atoms with van der Waals surface area (Å²) in [6.07, 6.45) is 2.32. The summed E-state index contributed by atoms with van der Waals surface area (Å²) in [6, 6.07) is 7.28. The summed E-state index contributed by atoms with van der Waals surface area (Å²) in [6.45, 7) is 2.04.